The first-order valence-corrected chi connectivity index (χ1v) is 10.4. The van der Waals surface area contributed by atoms with Crippen molar-refractivity contribution in [2.24, 2.45) is 0 Å². The minimum atomic E-state index is 0.489. The lowest BCUT2D eigenvalue weighted by Crippen LogP contribution is -2.21. The number of hydrogen-bond donors (Lipinski definition) is 2. The van der Waals surface area contributed by atoms with Crippen LogP contribution < -0.4 is 15.5 Å². The number of carbonyl (C=O) groups excluding carboxylic acids is 1. The molecule has 32 heavy (non-hydrogen) atoms. The lowest BCUT2D eigenvalue weighted by Gasteiger charge is -2.20. The second-order valence-electron chi connectivity index (χ2n) is 7.60. The van der Waals surface area contributed by atoms with Crippen LogP contribution in [0.4, 0.5) is 28.4 Å². The summed E-state index contributed by atoms with van der Waals surface area (Å²) in [6, 6.07) is 21.7. The van der Waals surface area contributed by atoms with Gasteiger partial charge in [-0.05, 0) is 79.6 Å². The second-order valence-corrected chi connectivity index (χ2v) is 7.60. The highest BCUT2D eigenvalue weighted by molar-refractivity contribution is 5.78. The van der Waals surface area contributed by atoms with E-state index in [0.29, 0.717) is 6.54 Å². The Morgan fingerprint density at radius 3 is 2.28 bits per heavy atom. The molecule has 2 aromatic heterocycles. The maximum atomic E-state index is 11.9. The summed E-state index contributed by atoms with van der Waals surface area (Å²) in [6.07, 6.45) is 6.14. The molecule has 0 unspecified atom stereocenters. The van der Waals surface area contributed by atoms with Crippen molar-refractivity contribution in [1.82, 2.24) is 9.97 Å². The van der Waals surface area contributed by atoms with E-state index in [4.69, 9.17) is 0 Å². The molecule has 0 atom stereocenters. The Labute approximate surface area is 188 Å². The number of amides is 1. The molecular weight excluding hydrogens is 398 g/mol. The largest absolute Gasteiger partial charge is 0.355 e. The molecule has 0 bridgehead atoms. The van der Waals surface area contributed by atoms with Gasteiger partial charge in [-0.25, -0.2) is 0 Å². The van der Waals surface area contributed by atoms with E-state index in [9.17, 15) is 4.79 Å². The molecule has 2 N–H and O–H groups in total. The summed E-state index contributed by atoms with van der Waals surface area (Å²) in [5.41, 5.74) is 7.83. The van der Waals surface area contributed by atoms with Crippen molar-refractivity contribution in [3.63, 3.8) is 0 Å². The molecule has 0 saturated heterocycles. The van der Waals surface area contributed by atoms with E-state index in [1.807, 2.05) is 61.5 Å². The molecule has 0 aliphatic carbocycles. The third kappa shape index (κ3) is 5.29. The molecule has 0 spiro atoms. The van der Waals surface area contributed by atoms with E-state index in [-0.39, 0.29) is 0 Å². The van der Waals surface area contributed by atoms with E-state index in [1.165, 1.54) is 0 Å². The number of aryl methyl sites for hydroxylation is 2. The van der Waals surface area contributed by atoms with Gasteiger partial charge in [0.05, 0.1) is 6.54 Å². The first kappa shape index (κ1) is 21.1. The Bertz CT molecular complexity index is 1210. The van der Waals surface area contributed by atoms with Crippen molar-refractivity contribution in [1.29, 1.82) is 0 Å². The van der Waals surface area contributed by atoms with Crippen LogP contribution in [-0.4, -0.2) is 16.4 Å². The van der Waals surface area contributed by atoms with Gasteiger partial charge >= 0.3 is 0 Å². The minimum Gasteiger partial charge on any atom is -0.355 e. The van der Waals surface area contributed by atoms with Crippen LogP contribution in [0.2, 0.25) is 0 Å². The van der Waals surface area contributed by atoms with E-state index in [1.54, 1.807) is 23.5 Å². The molecule has 1 amide bonds. The van der Waals surface area contributed by atoms with Crippen molar-refractivity contribution in [2.75, 3.05) is 15.5 Å². The normalized spacial score (nSPS) is 10.4. The maximum absolute atomic E-state index is 11.9. The summed E-state index contributed by atoms with van der Waals surface area (Å²) in [4.78, 5) is 21.9. The van der Waals surface area contributed by atoms with Gasteiger partial charge in [-0.1, -0.05) is 12.1 Å². The summed E-state index contributed by atoms with van der Waals surface area (Å²) < 4.78 is 0. The average molecular weight is 424 g/mol. The summed E-state index contributed by atoms with van der Waals surface area (Å²) >= 11 is 0. The first-order valence-electron chi connectivity index (χ1n) is 10.4. The Morgan fingerprint density at radius 1 is 0.812 bits per heavy atom. The Kier molecular flexibility index (Phi) is 6.41. The molecule has 4 aromatic rings. The molecule has 6 heteroatoms. The lowest BCUT2D eigenvalue weighted by atomic mass is 10.1. The third-order valence-corrected chi connectivity index (χ3v) is 5.14. The van der Waals surface area contributed by atoms with E-state index in [2.05, 4.69) is 39.7 Å². The number of pyridine rings is 2. The molecule has 0 fully saturated rings. The van der Waals surface area contributed by atoms with Crippen LogP contribution in [0.15, 0.2) is 85.3 Å². The summed E-state index contributed by atoms with van der Waals surface area (Å²) in [5.74, 6) is 0. The van der Waals surface area contributed by atoms with Crippen molar-refractivity contribution < 1.29 is 4.79 Å². The Balaban J connectivity index is 1.49. The van der Waals surface area contributed by atoms with Gasteiger partial charge in [-0.3, -0.25) is 14.8 Å². The van der Waals surface area contributed by atoms with Crippen LogP contribution in [0.1, 0.15) is 16.8 Å². The number of aromatic nitrogens is 2. The van der Waals surface area contributed by atoms with Crippen LogP contribution in [0, 0.1) is 13.8 Å². The standard InChI is InChI=1S/C26H25N5O/c1-19-14-24(30-25-10-13-28-20(2)15-25)7-6-21(19)17-31(18-32)26-5-3-4-23(16-26)29-22-8-11-27-12-9-22/h3-16,18H,17H2,1-2H3,(H,27,29)(H,28,30). The number of rotatable bonds is 8. The third-order valence-electron chi connectivity index (χ3n) is 5.14. The summed E-state index contributed by atoms with van der Waals surface area (Å²) in [7, 11) is 0. The smallest absolute Gasteiger partial charge is 0.214 e. The summed E-state index contributed by atoms with van der Waals surface area (Å²) in [6.45, 7) is 4.51. The zero-order chi connectivity index (χ0) is 22.3. The number of benzene rings is 2. The molecule has 0 aliphatic heterocycles. The van der Waals surface area contributed by atoms with Crippen LogP contribution in [-0.2, 0) is 11.3 Å². The Hall–Kier alpha value is -4.19. The van der Waals surface area contributed by atoms with Crippen LogP contribution in [0.3, 0.4) is 0 Å². The van der Waals surface area contributed by atoms with Gasteiger partial charge in [0, 0.05) is 52.7 Å². The van der Waals surface area contributed by atoms with Crippen molar-refractivity contribution in [2.45, 2.75) is 20.4 Å². The molecule has 2 aromatic carbocycles. The molecule has 0 radical (unpaired) electrons. The van der Waals surface area contributed by atoms with E-state index in [0.717, 1.165) is 51.7 Å². The van der Waals surface area contributed by atoms with Crippen LogP contribution >= 0.6 is 0 Å². The van der Waals surface area contributed by atoms with Gasteiger partial charge in [0.25, 0.3) is 0 Å². The molecule has 0 aliphatic rings. The molecule has 160 valence electrons. The topological polar surface area (TPSA) is 70.2 Å². The highest BCUT2D eigenvalue weighted by Crippen LogP contribution is 2.25. The zero-order valence-electron chi connectivity index (χ0n) is 18.1. The van der Waals surface area contributed by atoms with Gasteiger partial charge in [0.1, 0.15) is 0 Å². The van der Waals surface area contributed by atoms with Crippen LogP contribution in [0.25, 0.3) is 0 Å². The zero-order valence-corrected chi connectivity index (χ0v) is 18.1. The second kappa shape index (κ2) is 9.75. The maximum Gasteiger partial charge on any atom is 0.214 e. The lowest BCUT2D eigenvalue weighted by molar-refractivity contribution is -0.107. The number of anilines is 5. The first-order chi connectivity index (χ1) is 15.6. The van der Waals surface area contributed by atoms with Gasteiger partial charge < -0.3 is 15.5 Å². The fraction of sp³-hybridized carbons (Fsp3) is 0.115. The molecular formula is C26H25N5O. The number of nitrogens with zero attached hydrogens (tertiary/aromatic N) is 3. The predicted octanol–water partition coefficient (Wildman–Crippen LogP) is 5.74. The number of hydrogen-bond acceptors (Lipinski definition) is 5. The summed E-state index contributed by atoms with van der Waals surface area (Å²) in [5, 5.41) is 6.74. The average Bonchev–Trinajstić information content (AvgIpc) is 2.79. The number of carbonyl (C=O) groups is 1. The van der Waals surface area contributed by atoms with Gasteiger partial charge in [-0.15, -0.1) is 0 Å². The van der Waals surface area contributed by atoms with Crippen molar-refractivity contribution in [3.8, 4) is 0 Å². The van der Waals surface area contributed by atoms with Crippen molar-refractivity contribution >= 4 is 34.8 Å². The van der Waals surface area contributed by atoms with E-state index < -0.39 is 0 Å². The highest BCUT2D eigenvalue weighted by atomic mass is 16.1. The quantitative estimate of drug-likeness (QED) is 0.354. The molecule has 0 saturated carbocycles. The fourth-order valence-corrected chi connectivity index (χ4v) is 3.48. The van der Waals surface area contributed by atoms with Gasteiger partial charge in [-0.2, -0.15) is 0 Å². The number of nitrogens with one attached hydrogen (secondary N) is 2. The molecule has 6 nitrogen and oxygen atoms in total. The molecule has 4 rings (SSSR count). The minimum absolute atomic E-state index is 0.489. The van der Waals surface area contributed by atoms with Crippen LogP contribution in [0.5, 0.6) is 0 Å². The predicted molar refractivity (Wildman–Crippen MR) is 130 cm³/mol. The monoisotopic (exact) mass is 423 g/mol. The SMILES string of the molecule is Cc1cc(Nc2ccc(CN(C=O)c3cccc(Nc4ccncc4)c3)c(C)c2)ccn1. The van der Waals surface area contributed by atoms with Crippen molar-refractivity contribution in [3.05, 3.63) is 102 Å². The van der Waals surface area contributed by atoms with E-state index >= 15 is 0 Å². The van der Waals surface area contributed by atoms with Gasteiger partial charge in [0.2, 0.25) is 6.41 Å². The van der Waals surface area contributed by atoms with Gasteiger partial charge in [0.15, 0.2) is 0 Å². The molecule has 2 heterocycles. The Morgan fingerprint density at radius 2 is 1.53 bits per heavy atom. The highest BCUT2D eigenvalue weighted by Gasteiger charge is 2.10. The fourth-order valence-electron chi connectivity index (χ4n) is 3.48.